The number of nitrogens with one attached hydrogen (secondary N) is 1. The summed E-state index contributed by atoms with van der Waals surface area (Å²) in [5.74, 6) is 0.236. The normalized spacial score (nSPS) is 9.94. The Hall–Kier alpha value is -2.15. The number of anilines is 2. The van der Waals surface area contributed by atoms with Gasteiger partial charge in [-0.05, 0) is 12.1 Å². The molecule has 2 aromatic rings. The van der Waals surface area contributed by atoms with E-state index in [9.17, 15) is 4.79 Å². The van der Waals surface area contributed by atoms with Crippen LogP contribution in [0.4, 0.5) is 10.8 Å². The number of nitrogens with two attached hydrogens (primary N) is 1. The van der Waals surface area contributed by atoms with Gasteiger partial charge in [-0.3, -0.25) is 10.1 Å². The quantitative estimate of drug-likeness (QED) is 0.803. The van der Waals surface area contributed by atoms with Gasteiger partial charge in [0.15, 0.2) is 0 Å². The van der Waals surface area contributed by atoms with E-state index in [1.165, 1.54) is 24.0 Å². The Kier molecular flexibility index (Phi) is 3.20. The van der Waals surface area contributed by atoms with Gasteiger partial charge >= 0.3 is 0 Å². The summed E-state index contributed by atoms with van der Waals surface area (Å²) < 4.78 is 5.04. The number of nitrogen functional groups attached to an aromatic ring is 1. The zero-order valence-corrected chi connectivity index (χ0v) is 9.82. The van der Waals surface area contributed by atoms with Crippen LogP contribution in [0.15, 0.2) is 23.7 Å². The van der Waals surface area contributed by atoms with Crippen LogP contribution >= 0.6 is 11.3 Å². The number of ether oxygens (including phenoxy) is 1. The number of methoxy groups -OCH3 is 1. The number of rotatable bonds is 3. The first-order valence-corrected chi connectivity index (χ1v) is 5.59. The molecule has 7 heteroatoms. The number of carbonyl (C=O) groups is 1. The molecule has 0 saturated carbocycles. The molecule has 0 spiro atoms. The highest BCUT2D eigenvalue weighted by molar-refractivity contribution is 7.13. The summed E-state index contributed by atoms with van der Waals surface area (Å²) in [6, 6.07) is 4.81. The third-order valence-electron chi connectivity index (χ3n) is 2.01. The molecule has 0 radical (unpaired) electrons. The molecule has 1 amide bonds. The van der Waals surface area contributed by atoms with Gasteiger partial charge in [0.2, 0.25) is 5.13 Å². The summed E-state index contributed by atoms with van der Waals surface area (Å²) in [4.78, 5) is 11.8. The first kappa shape index (κ1) is 11.3. The van der Waals surface area contributed by atoms with Crippen LogP contribution in [0, 0.1) is 0 Å². The molecule has 0 unspecified atom stereocenters. The first-order chi connectivity index (χ1) is 8.19. The van der Waals surface area contributed by atoms with Crippen molar-refractivity contribution in [3.63, 3.8) is 0 Å². The van der Waals surface area contributed by atoms with Crippen LogP contribution in [0.1, 0.15) is 10.4 Å². The molecule has 2 rings (SSSR count). The summed E-state index contributed by atoms with van der Waals surface area (Å²) in [5, 5.41) is 10.4. The molecular weight excluding hydrogens is 240 g/mol. The highest BCUT2D eigenvalue weighted by atomic mass is 32.1. The van der Waals surface area contributed by atoms with Crippen molar-refractivity contribution in [2.45, 2.75) is 0 Å². The monoisotopic (exact) mass is 250 g/mol. The van der Waals surface area contributed by atoms with Crippen LogP contribution in [0.25, 0.3) is 0 Å². The van der Waals surface area contributed by atoms with Gasteiger partial charge in [-0.15, -0.1) is 10.2 Å². The summed E-state index contributed by atoms with van der Waals surface area (Å²) >= 11 is 1.24. The van der Waals surface area contributed by atoms with E-state index in [0.29, 0.717) is 22.1 Å². The van der Waals surface area contributed by atoms with Crippen molar-refractivity contribution in [3.8, 4) is 5.75 Å². The number of hydrogen-bond donors (Lipinski definition) is 2. The number of benzene rings is 1. The maximum Gasteiger partial charge on any atom is 0.257 e. The second kappa shape index (κ2) is 4.79. The maximum absolute atomic E-state index is 11.8. The standard InChI is InChI=1S/C10H10N4O2S/c1-16-8-3-6(2-7(11)4-8)9(15)13-10-14-12-5-17-10/h2-5H,11H2,1H3,(H,13,14,15). The van der Waals surface area contributed by atoms with Crippen LogP contribution in [0.3, 0.4) is 0 Å². The SMILES string of the molecule is COc1cc(N)cc(C(=O)Nc2nncs2)c1. The fourth-order valence-electron chi connectivity index (χ4n) is 1.27. The van der Waals surface area contributed by atoms with Crippen LogP contribution in [0.5, 0.6) is 5.75 Å². The highest BCUT2D eigenvalue weighted by Crippen LogP contribution is 2.19. The lowest BCUT2D eigenvalue weighted by Gasteiger charge is -2.05. The average Bonchev–Trinajstić information content (AvgIpc) is 2.81. The van der Waals surface area contributed by atoms with Crippen LogP contribution in [-0.2, 0) is 0 Å². The largest absolute Gasteiger partial charge is 0.497 e. The topological polar surface area (TPSA) is 90.1 Å². The van der Waals surface area contributed by atoms with E-state index in [1.54, 1.807) is 18.2 Å². The Morgan fingerprint density at radius 2 is 2.29 bits per heavy atom. The van der Waals surface area contributed by atoms with E-state index in [0.717, 1.165) is 0 Å². The third kappa shape index (κ3) is 2.70. The van der Waals surface area contributed by atoms with Crippen LogP contribution in [-0.4, -0.2) is 23.2 Å². The van der Waals surface area contributed by atoms with Gasteiger partial charge in [-0.1, -0.05) is 11.3 Å². The number of amides is 1. The molecule has 0 aliphatic rings. The molecule has 0 atom stereocenters. The van der Waals surface area contributed by atoms with Gasteiger partial charge in [-0.2, -0.15) is 0 Å². The molecule has 0 saturated heterocycles. The van der Waals surface area contributed by atoms with Crippen molar-refractivity contribution >= 4 is 28.1 Å². The smallest absolute Gasteiger partial charge is 0.257 e. The molecule has 1 aromatic heterocycles. The van der Waals surface area contributed by atoms with E-state index in [-0.39, 0.29) is 5.91 Å². The molecular formula is C10H10N4O2S. The minimum Gasteiger partial charge on any atom is -0.497 e. The predicted octanol–water partition coefficient (Wildman–Crippen LogP) is 1.38. The predicted molar refractivity (Wildman–Crippen MR) is 65.3 cm³/mol. The van der Waals surface area contributed by atoms with Crippen LogP contribution in [0.2, 0.25) is 0 Å². The van der Waals surface area contributed by atoms with Crippen molar-refractivity contribution in [1.29, 1.82) is 0 Å². The Labute approximate surface area is 101 Å². The summed E-state index contributed by atoms with van der Waals surface area (Å²) in [5.41, 5.74) is 8.08. The van der Waals surface area contributed by atoms with E-state index in [2.05, 4.69) is 15.5 Å². The Morgan fingerprint density at radius 3 is 2.94 bits per heavy atom. The Morgan fingerprint density at radius 1 is 1.47 bits per heavy atom. The number of carbonyl (C=O) groups excluding carboxylic acids is 1. The lowest BCUT2D eigenvalue weighted by Crippen LogP contribution is -2.12. The van der Waals surface area contributed by atoms with E-state index < -0.39 is 0 Å². The molecule has 1 heterocycles. The lowest BCUT2D eigenvalue weighted by atomic mass is 10.2. The maximum atomic E-state index is 11.8. The van der Waals surface area contributed by atoms with Gasteiger partial charge in [0, 0.05) is 17.3 Å². The van der Waals surface area contributed by atoms with Gasteiger partial charge in [0.05, 0.1) is 7.11 Å². The Balaban J connectivity index is 2.21. The fourth-order valence-corrected chi connectivity index (χ4v) is 1.71. The van der Waals surface area contributed by atoms with E-state index >= 15 is 0 Å². The van der Waals surface area contributed by atoms with Gasteiger partial charge < -0.3 is 10.5 Å². The molecule has 17 heavy (non-hydrogen) atoms. The number of nitrogens with zero attached hydrogens (tertiary/aromatic N) is 2. The van der Waals surface area contributed by atoms with E-state index in [4.69, 9.17) is 10.5 Å². The first-order valence-electron chi connectivity index (χ1n) is 4.71. The lowest BCUT2D eigenvalue weighted by molar-refractivity contribution is 0.102. The molecule has 0 bridgehead atoms. The minimum absolute atomic E-state index is 0.299. The van der Waals surface area contributed by atoms with Gasteiger partial charge in [0.25, 0.3) is 5.91 Å². The third-order valence-corrected chi connectivity index (χ3v) is 2.61. The van der Waals surface area contributed by atoms with Gasteiger partial charge in [0.1, 0.15) is 11.3 Å². The average molecular weight is 250 g/mol. The minimum atomic E-state index is -0.299. The van der Waals surface area contributed by atoms with Gasteiger partial charge in [-0.25, -0.2) is 0 Å². The number of hydrogen-bond acceptors (Lipinski definition) is 6. The second-order valence-corrected chi connectivity index (χ2v) is 4.03. The molecule has 1 aromatic carbocycles. The molecule has 88 valence electrons. The number of aromatic nitrogens is 2. The molecule has 0 aliphatic heterocycles. The summed E-state index contributed by atoms with van der Waals surface area (Å²) in [7, 11) is 1.52. The molecule has 0 aliphatic carbocycles. The van der Waals surface area contributed by atoms with Crippen molar-refractivity contribution in [2.24, 2.45) is 0 Å². The zero-order valence-electron chi connectivity index (χ0n) is 9.01. The fraction of sp³-hybridized carbons (Fsp3) is 0.100. The van der Waals surface area contributed by atoms with Crippen molar-refractivity contribution in [2.75, 3.05) is 18.2 Å². The van der Waals surface area contributed by atoms with Crippen molar-refractivity contribution < 1.29 is 9.53 Å². The second-order valence-electron chi connectivity index (χ2n) is 3.19. The molecule has 0 fully saturated rings. The zero-order chi connectivity index (χ0) is 12.3. The Bertz CT molecular complexity index is 527. The van der Waals surface area contributed by atoms with E-state index in [1.807, 2.05) is 0 Å². The van der Waals surface area contributed by atoms with Crippen LogP contribution < -0.4 is 15.8 Å². The van der Waals surface area contributed by atoms with Crippen molar-refractivity contribution in [1.82, 2.24) is 10.2 Å². The molecule has 6 nitrogen and oxygen atoms in total. The summed E-state index contributed by atoms with van der Waals surface area (Å²) in [6.45, 7) is 0. The van der Waals surface area contributed by atoms with Crippen molar-refractivity contribution in [3.05, 3.63) is 29.3 Å². The summed E-state index contributed by atoms with van der Waals surface area (Å²) in [6.07, 6.45) is 0. The molecule has 3 N–H and O–H groups in total. The highest BCUT2D eigenvalue weighted by Gasteiger charge is 2.10.